The fraction of sp³-hybridized carbons (Fsp3) is 0.200. The molecule has 0 amide bonds. The lowest BCUT2D eigenvalue weighted by Crippen LogP contribution is -2.23. The molecule has 0 atom stereocenters. The largest absolute Gasteiger partial charge is 0.468 e. The highest BCUT2D eigenvalue weighted by Gasteiger charge is 2.07. The second-order valence-electron chi connectivity index (χ2n) is 3.02. The number of thiophene rings is 1. The summed E-state index contributed by atoms with van der Waals surface area (Å²) in [5.41, 5.74) is -0.154. The van der Waals surface area contributed by atoms with Crippen molar-refractivity contribution >= 4 is 27.4 Å². The molecule has 78 valence electrons. The Balaban J connectivity index is 2.48. The van der Waals surface area contributed by atoms with Gasteiger partial charge in [-0.15, -0.1) is 11.3 Å². The lowest BCUT2D eigenvalue weighted by molar-refractivity contribution is -0.141. The quantitative estimate of drug-likeness (QED) is 0.719. The van der Waals surface area contributed by atoms with Crippen molar-refractivity contribution in [3.63, 3.8) is 0 Å². The molecular weight excluding hydrogens is 214 g/mol. The van der Waals surface area contributed by atoms with Crippen molar-refractivity contribution in [1.82, 2.24) is 4.57 Å². The predicted octanol–water partition coefficient (Wildman–Crippen LogP) is 1.24. The molecule has 0 fully saturated rings. The zero-order valence-electron chi connectivity index (χ0n) is 8.10. The van der Waals surface area contributed by atoms with Gasteiger partial charge in [0.15, 0.2) is 0 Å². The van der Waals surface area contributed by atoms with Crippen LogP contribution >= 0.6 is 11.3 Å². The van der Waals surface area contributed by atoms with Gasteiger partial charge in [0, 0.05) is 10.9 Å². The Morgan fingerprint density at radius 2 is 2.33 bits per heavy atom. The zero-order valence-corrected chi connectivity index (χ0v) is 8.91. The molecule has 2 aromatic rings. The van der Waals surface area contributed by atoms with Crippen LogP contribution in [-0.4, -0.2) is 17.6 Å². The third-order valence-electron chi connectivity index (χ3n) is 2.12. The smallest absolute Gasteiger partial charge is 0.325 e. The van der Waals surface area contributed by atoms with Gasteiger partial charge in [-0.2, -0.15) is 0 Å². The van der Waals surface area contributed by atoms with Gasteiger partial charge < -0.3 is 9.30 Å². The number of methoxy groups -OCH3 is 1. The normalized spacial score (nSPS) is 10.5. The van der Waals surface area contributed by atoms with E-state index in [0.717, 1.165) is 4.70 Å². The van der Waals surface area contributed by atoms with E-state index in [2.05, 4.69) is 4.74 Å². The third-order valence-corrected chi connectivity index (χ3v) is 3.00. The molecule has 0 aliphatic carbocycles. The molecule has 0 spiro atoms. The molecule has 15 heavy (non-hydrogen) atoms. The highest BCUT2D eigenvalue weighted by atomic mass is 32.1. The van der Waals surface area contributed by atoms with E-state index in [0.29, 0.717) is 5.39 Å². The van der Waals surface area contributed by atoms with E-state index in [9.17, 15) is 9.59 Å². The summed E-state index contributed by atoms with van der Waals surface area (Å²) in [6.45, 7) is -0.0406. The summed E-state index contributed by atoms with van der Waals surface area (Å²) in [6, 6.07) is 3.58. The molecule has 5 heteroatoms. The standard InChI is InChI=1S/C10H9NO3S/c1-14-9(12)6-11-4-2-8-7(10(11)13)3-5-15-8/h2-5H,6H2,1H3. The number of carbonyl (C=O) groups excluding carboxylic acids is 1. The first-order valence-corrected chi connectivity index (χ1v) is 5.24. The van der Waals surface area contributed by atoms with Crippen molar-refractivity contribution in [2.75, 3.05) is 7.11 Å². The number of hydrogen-bond donors (Lipinski definition) is 0. The lowest BCUT2D eigenvalue weighted by Gasteiger charge is -2.03. The van der Waals surface area contributed by atoms with Crippen LogP contribution in [0, 0.1) is 0 Å². The van der Waals surface area contributed by atoms with Crippen LogP contribution in [0.25, 0.3) is 10.1 Å². The molecule has 0 bridgehead atoms. The second-order valence-corrected chi connectivity index (χ2v) is 3.97. The van der Waals surface area contributed by atoms with Gasteiger partial charge in [-0.1, -0.05) is 0 Å². The first-order valence-electron chi connectivity index (χ1n) is 4.36. The van der Waals surface area contributed by atoms with Crippen molar-refractivity contribution in [3.05, 3.63) is 34.1 Å². The molecule has 2 rings (SSSR count). The lowest BCUT2D eigenvalue weighted by atomic mass is 10.3. The van der Waals surface area contributed by atoms with Gasteiger partial charge >= 0.3 is 5.97 Å². The van der Waals surface area contributed by atoms with Crippen molar-refractivity contribution in [2.45, 2.75) is 6.54 Å². The Hall–Kier alpha value is -1.62. The maximum Gasteiger partial charge on any atom is 0.325 e. The predicted molar refractivity (Wildman–Crippen MR) is 58.1 cm³/mol. The highest BCUT2D eigenvalue weighted by molar-refractivity contribution is 7.17. The molecule has 0 saturated carbocycles. The fourth-order valence-corrected chi connectivity index (χ4v) is 2.11. The molecule has 2 heterocycles. The number of rotatable bonds is 2. The molecule has 0 aliphatic heterocycles. The van der Waals surface area contributed by atoms with Gasteiger partial charge in [-0.25, -0.2) is 0 Å². The number of ether oxygens (including phenoxy) is 1. The summed E-state index contributed by atoms with van der Waals surface area (Å²) in [7, 11) is 1.30. The number of esters is 1. The molecule has 4 nitrogen and oxygen atoms in total. The minimum atomic E-state index is -0.424. The van der Waals surface area contributed by atoms with E-state index >= 15 is 0 Å². The van der Waals surface area contributed by atoms with E-state index in [1.54, 1.807) is 12.3 Å². The van der Waals surface area contributed by atoms with Gasteiger partial charge in [-0.05, 0) is 17.5 Å². The Kier molecular flexibility index (Phi) is 2.55. The highest BCUT2D eigenvalue weighted by Crippen LogP contribution is 2.15. The Morgan fingerprint density at radius 1 is 1.53 bits per heavy atom. The van der Waals surface area contributed by atoms with Crippen LogP contribution in [0.15, 0.2) is 28.5 Å². The van der Waals surface area contributed by atoms with Gasteiger partial charge in [0.2, 0.25) is 0 Å². The first kappa shape index (κ1) is 9.92. The number of carbonyl (C=O) groups is 1. The topological polar surface area (TPSA) is 48.3 Å². The zero-order chi connectivity index (χ0) is 10.8. The number of aromatic nitrogens is 1. The van der Waals surface area contributed by atoms with Crippen LogP contribution < -0.4 is 5.56 Å². The summed E-state index contributed by atoms with van der Waals surface area (Å²) < 4.78 is 6.79. The van der Waals surface area contributed by atoms with Crippen molar-refractivity contribution in [3.8, 4) is 0 Å². The summed E-state index contributed by atoms with van der Waals surface area (Å²) >= 11 is 1.51. The van der Waals surface area contributed by atoms with Crippen LogP contribution in [0.1, 0.15) is 0 Å². The summed E-state index contributed by atoms with van der Waals surface area (Å²) in [6.07, 6.45) is 1.61. The maximum atomic E-state index is 11.8. The number of nitrogens with zero attached hydrogens (tertiary/aromatic N) is 1. The average Bonchev–Trinajstić information content (AvgIpc) is 2.70. The molecule has 2 aromatic heterocycles. The third kappa shape index (κ3) is 1.78. The van der Waals surface area contributed by atoms with Gasteiger partial charge in [0.25, 0.3) is 5.56 Å². The number of pyridine rings is 1. The first-order chi connectivity index (χ1) is 7.22. The molecule has 0 saturated heterocycles. The molecular formula is C10H9NO3S. The number of fused-ring (bicyclic) bond motifs is 1. The molecule has 0 N–H and O–H groups in total. The van der Waals surface area contributed by atoms with Crippen molar-refractivity contribution in [2.24, 2.45) is 0 Å². The summed E-state index contributed by atoms with van der Waals surface area (Å²) in [5.74, 6) is -0.424. The average molecular weight is 223 g/mol. The summed E-state index contributed by atoms with van der Waals surface area (Å²) in [4.78, 5) is 22.8. The minimum absolute atomic E-state index is 0.0406. The van der Waals surface area contributed by atoms with Crippen molar-refractivity contribution in [1.29, 1.82) is 0 Å². The Morgan fingerprint density at radius 3 is 3.07 bits per heavy atom. The molecule has 0 aliphatic rings. The van der Waals surface area contributed by atoms with E-state index in [-0.39, 0.29) is 12.1 Å². The Bertz CT molecular complexity index is 555. The van der Waals surface area contributed by atoms with E-state index in [1.807, 2.05) is 11.4 Å². The maximum absolute atomic E-state index is 11.8. The minimum Gasteiger partial charge on any atom is -0.468 e. The number of hydrogen-bond acceptors (Lipinski definition) is 4. The SMILES string of the molecule is COC(=O)Cn1ccc2sccc2c1=O. The van der Waals surface area contributed by atoms with Crippen molar-refractivity contribution < 1.29 is 9.53 Å². The fourth-order valence-electron chi connectivity index (χ4n) is 1.33. The van der Waals surface area contributed by atoms with Crippen LogP contribution in [0.3, 0.4) is 0 Å². The van der Waals surface area contributed by atoms with Crippen LogP contribution in [0.2, 0.25) is 0 Å². The second kappa shape index (κ2) is 3.86. The monoisotopic (exact) mass is 223 g/mol. The van der Waals surface area contributed by atoms with E-state index in [4.69, 9.17) is 0 Å². The van der Waals surface area contributed by atoms with E-state index in [1.165, 1.54) is 23.0 Å². The molecule has 0 unspecified atom stereocenters. The van der Waals surface area contributed by atoms with Crippen LogP contribution in [-0.2, 0) is 16.1 Å². The summed E-state index contributed by atoms with van der Waals surface area (Å²) in [5, 5.41) is 2.50. The molecule has 0 aromatic carbocycles. The van der Waals surface area contributed by atoms with E-state index < -0.39 is 5.97 Å². The molecule has 0 radical (unpaired) electrons. The van der Waals surface area contributed by atoms with Crippen LogP contribution in [0.5, 0.6) is 0 Å². The Labute approximate surface area is 89.7 Å². The van der Waals surface area contributed by atoms with Gasteiger partial charge in [0.1, 0.15) is 6.54 Å². The van der Waals surface area contributed by atoms with Gasteiger partial charge in [0.05, 0.1) is 12.5 Å². The van der Waals surface area contributed by atoms with Crippen LogP contribution in [0.4, 0.5) is 0 Å². The van der Waals surface area contributed by atoms with Gasteiger partial charge in [-0.3, -0.25) is 9.59 Å².